The average Bonchev–Trinajstić information content (AvgIpc) is 3.37. The second-order valence-corrected chi connectivity index (χ2v) is 10.4. The topological polar surface area (TPSA) is 69.6 Å². The van der Waals surface area contributed by atoms with Crippen LogP contribution < -0.4 is 10.3 Å². The molecule has 0 amide bonds. The van der Waals surface area contributed by atoms with Crippen molar-refractivity contribution in [2.75, 3.05) is 0 Å². The van der Waals surface area contributed by atoms with Crippen molar-refractivity contribution in [2.45, 2.75) is 6.61 Å². The minimum atomic E-state index is -0.336. The van der Waals surface area contributed by atoms with E-state index in [2.05, 4.69) is 21.0 Å². The van der Waals surface area contributed by atoms with E-state index in [0.717, 1.165) is 10.9 Å². The number of halogens is 3. The predicted octanol–water partition coefficient (Wildman–Crippen LogP) is 8.34. The van der Waals surface area contributed by atoms with Crippen LogP contribution in [-0.4, -0.2) is 15.9 Å². The van der Waals surface area contributed by atoms with Crippen molar-refractivity contribution in [1.29, 1.82) is 0 Å². The van der Waals surface area contributed by atoms with Crippen molar-refractivity contribution in [3.8, 4) is 17.3 Å². The van der Waals surface area contributed by atoms with Crippen molar-refractivity contribution in [3.63, 3.8) is 0 Å². The minimum absolute atomic E-state index is 0.274. The molecule has 0 saturated carbocycles. The highest BCUT2D eigenvalue weighted by Crippen LogP contribution is 2.33. The second kappa shape index (κ2) is 10.7. The number of benzene rings is 4. The van der Waals surface area contributed by atoms with E-state index in [1.54, 1.807) is 42.5 Å². The zero-order valence-electron chi connectivity index (χ0n) is 20.1. The van der Waals surface area contributed by atoms with E-state index in [1.807, 2.05) is 48.5 Å². The van der Waals surface area contributed by atoms with Crippen LogP contribution in [0.15, 0.2) is 110 Å². The van der Waals surface area contributed by atoms with Crippen LogP contribution in [0.25, 0.3) is 33.5 Å². The summed E-state index contributed by atoms with van der Waals surface area (Å²) in [7, 11) is 0. The Balaban J connectivity index is 1.45. The lowest BCUT2D eigenvalue weighted by atomic mass is 10.2. The van der Waals surface area contributed by atoms with Gasteiger partial charge in [-0.15, -0.1) is 0 Å². The maximum atomic E-state index is 13.6. The first-order chi connectivity index (χ1) is 19.0. The van der Waals surface area contributed by atoms with Gasteiger partial charge in [0.2, 0.25) is 5.82 Å². The molecule has 0 spiro atoms. The molecule has 192 valence electrons. The predicted molar refractivity (Wildman–Crippen MR) is 159 cm³/mol. The van der Waals surface area contributed by atoms with Gasteiger partial charge in [-0.1, -0.05) is 65.7 Å². The van der Waals surface area contributed by atoms with Crippen molar-refractivity contribution < 1.29 is 9.15 Å². The molecular formula is C30H18BrCl2N3O3. The highest BCUT2D eigenvalue weighted by Gasteiger charge is 2.17. The smallest absolute Gasteiger partial charge is 0.282 e. The molecule has 4 aromatic carbocycles. The van der Waals surface area contributed by atoms with Gasteiger partial charge >= 0.3 is 0 Å². The van der Waals surface area contributed by atoms with E-state index in [0.29, 0.717) is 54.7 Å². The van der Waals surface area contributed by atoms with Crippen molar-refractivity contribution in [2.24, 2.45) is 5.10 Å². The van der Waals surface area contributed by atoms with E-state index >= 15 is 0 Å². The summed E-state index contributed by atoms with van der Waals surface area (Å²) >= 11 is 15.9. The summed E-state index contributed by atoms with van der Waals surface area (Å²) in [6.45, 7) is 0.292. The molecule has 0 radical (unpaired) electrons. The molecule has 6 aromatic rings. The summed E-state index contributed by atoms with van der Waals surface area (Å²) in [5, 5.41) is 7.01. The molecule has 9 heteroatoms. The first kappa shape index (κ1) is 25.4. The van der Waals surface area contributed by atoms with Gasteiger partial charge in [-0.3, -0.25) is 4.79 Å². The standard InChI is InChI=1S/C30H18BrCl2N3O3/c31-24-15-22(33)13-20(28(24)38-17-18-9-11-21(32)12-10-18)16-34-36-29(27-14-19-5-1-4-8-26(19)39-27)35-25-7-3-2-6-23(25)30(36)37/h1-16H,17H2. The molecule has 0 aliphatic rings. The van der Waals surface area contributed by atoms with Crippen LogP contribution in [0.3, 0.4) is 0 Å². The van der Waals surface area contributed by atoms with E-state index < -0.39 is 0 Å². The Morgan fingerprint density at radius 2 is 1.72 bits per heavy atom. The monoisotopic (exact) mass is 617 g/mol. The van der Waals surface area contributed by atoms with Gasteiger partial charge in [-0.25, -0.2) is 4.98 Å². The molecule has 0 unspecified atom stereocenters. The van der Waals surface area contributed by atoms with Crippen LogP contribution in [0.1, 0.15) is 11.1 Å². The molecular weight excluding hydrogens is 601 g/mol. The highest BCUT2D eigenvalue weighted by molar-refractivity contribution is 9.10. The van der Waals surface area contributed by atoms with Crippen LogP contribution in [0.4, 0.5) is 0 Å². The number of hydrogen-bond acceptors (Lipinski definition) is 5. The molecule has 0 N–H and O–H groups in total. The van der Waals surface area contributed by atoms with Gasteiger partial charge in [-0.05, 0) is 70.0 Å². The van der Waals surface area contributed by atoms with Crippen molar-refractivity contribution >= 4 is 67.2 Å². The third kappa shape index (κ3) is 5.21. The first-order valence-electron chi connectivity index (χ1n) is 11.9. The Bertz CT molecular complexity index is 1900. The number of furan rings is 1. The molecule has 0 aliphatic carbocycles. The quantitative estimate of drug-likeness (QED) is 0.176. The molecule has 2 heterocycles. The zero-order valence-corrected chi connectivity index (χ0v) is 23.2. The largest absolute Gasteiger partial charge is 0.487 e. The van der Waals surface area contributed by atoms with Crippen LogP contribution in [-0.2, 0) is 6.61 Å². The van der Waals surface area contributed by atoms with Gasteiger partial charge in [0, 0.05) is 21.0 Å². The van der Waals surface area contributed by atoms with Crippen LogP contribution in [0.2, 0.25) is 10.0 Å². The molecule has 0 fully saturated rings. The Morgan fingerprint density at radius 3 is 2.54 bits per heavy atom. The molecule has 0 bridgehead atoms. The van der Waals surface area contributed by atoms with E-state index in [4.69, 9.17) is 37.3 Å². The summed E-state index contributed by atoms with van der Waals surface area (Å²) < 4.78 is 14.1. The number of aromatic nitrogens is 2. The summed E-state index contributed by atoms with van der Waals surface area (Å²) in [4.78, 5) is 18.3. The summed E-state index contributed by atoms with van der Waals surface area (Å²) in [6.07, 6.45) is 1.53. The minimum Gasteiger partial charge on any atom is -0.487 e. The summed E-state index contributed by atoms with van der Waals surface area (Å²) in [5.41, 5.74) is 2.39. The maximum Gasteiger partial charge on any atom is 0.282 e. The van der Waals surface area contributed by atoms with Gasteiger partial charge < -0.3 is 9.15 Å². The van der Waals surface area contributed by atoms with E-state index in [1.165, 1.54) is 10.9 Å². The molecule has 0 aliphatic heterocycles. The Morgan fingerprint density at radius 1 is 0.949 bits per heavy atom. The van der Waals surface area contributed by atoms with E-state index in [9.17, 15) is 4.79 Å². The first-order valence-corrected chi connectivity index (χ1v) is 13.4. The number of nitrogens with zero attached hydrogens (tertiary/aromatic N) is 3. The Labute approximate surface area is 241 Å². The SMILES string of the molecule is O=c1c2ccccc2nc(-c2cc3ccccc3o2)n1N=Cc1cc(Cl)cc(Br)c1OCc1ccc(Cl)cc1. The highest BCUT2D eigenvalue weighted by atomic mass is 79.9. The number of ether oxygens (including phenoxy) is 1. The van der Waals surface area contributed by atoms with Crippen molar-refractivity contribution in [3.05, 3.63) is 127 Å². The number of fused-ring (bicyclic) bond motifs is 2. The van der Waals surface area contributed by atoms with Crippen LogP contribution in [0, 0.1) is 0 Å². The Hall–Kier alpha value is -3.91. The molecule has 2 aromatic heterocycles. The molecule has 6 nitrogen and oxygen atoms in total. The maximum absolute atomic E-state index is 13.6. The lowest BCUT2D eigenvalue weighted by molar-refractivity contribution is 0.304. The fourth-order valence-corrected chi connectivity index (χ4v) is 5.24. The fourth-order valence-electron chi connectivity index (χ4n) is 4.17. The third-order valence-electron chi connectivity index (χ3n) is 6.05. The lowest BCUT2D eigenvalue weighted by Gasteiger charge is -2.12. The van der Waals surface area contributed by atoms with Crippen LogP contribution in [0.5, 0.6) is 5.75 Å². The summed E-state index contributed by atoms with van der Waals surface area (Å²) in [5.74, 6) is 1.21. The van der Waals surface area contributed by atoms with E-state index in [-0.39, 0.29) is 11.4 Å². The third-order valence-corrected chi connectivity index (χ3v) is 7.10. The number of para-hydroxylation sites is 2. The molecule has 0 atom stereocenters. The van der Waals surface area contributed by atoms with Gasteiger partial charge in [0.15, 0.2) is 5.76 Å². The molecule has 39 heavy (non-hydrogen) atoms. The van der Waals surface area contributed by atoms with Gasteiger partial charge in [0.1, 0.15) is 17.9 Å². The lowest BCUT2D eigenvalue weighted by Crippen LogP contribution is -2.20. The fraction of sp³-hybridized carbons (Fsp3) is 0.0333. The number of hydrogen-bond donors (Lipinski definition) is 0. The number of rotatable bonds is 6. The Kier molecular flexibility index (Phi) is 6.95. The zero-order chi connectivity index (χ0) is 26.9. The van der Waals surface area contributed by atoms with Gasteiger partial charge in [0.05, 0.1) is 21.6 Å². The second-order valence-electron chi connectivity index (χ2n) is 8.68. The normalized spacial score (nSPS) is 11.6. The van der Waals surface area contributed by atoms with Crippen molar-refractivity contribution in [1.82, 2.24) is 9.66 Å². The van der Waals surface area contributed by atoms with Gasteiger partial charge in [0.25, 0.3) is 5.56 Å². The van der Waals surface area contributed by atoms with Crippen LogP contribution >= 0.6 is 39.1 Å². The summed E-state index contributed by atoms with van der Waals surface area (Å²) in [6, 6.07) is 27.4. The van der Waals surface area contributed by atoms with Gasteiger partial charge in [-0.2, -0.15) is 9.78 Å². The average molecular weight is 619 g/mol. The molecule has 0 saturated heterocycles. The molecule has 6 rings (SSSR count).